The SMILES string of the molecule is CCc1nn(CC)c(CNC(C)CN(C)C)c1Br. The molecule has 1 heterocycles. The van der Waals surface area contributed by atoms with Crippen molar-refractivity contribution in [3.8, 4) is 0 Å². The fraction of sp³-hybridized carbons (Fsp3) is 0.769. The number of hydrogen-bond acceptors (Lipinski definition) is 3. The number of aryl methyl sites for hydroxylation is 2. The first-order valence-electron chi connectivity index (χ1n) is 6.61. The average Bonchev–Trinajstić information content (AvgIpc) is 2.62. The van der Waals surface area contributed by atoms with Gasteiger partial charge in [0.05, 0.1) is 15.9 Å². The van der Waals surface area contributed by atoms with E-state index in [1.807, 2.05) is 0 Å². The molecule has 4 nitrogen and oxygen atoms in total. The highest BCUT2D eigenvalue weighted by molar-refractivity contribution is 9.10. The van der Waals surface area contributed by atoms with Gasteiger partial charge in [-0.2, -0.15) is 5.10 Å². The number of nitrogens with zero attached hydrogens (tertiary/aromatic N) is 3. The molecule has 18 heavy (non-hydrogen) atoms. The molecule has 0 aliphatic heterocycles. The Kier molecular flexibility index (Phi) is 6.32. The van der Waals surface area contributed by atoms with Gasteiger partial charge in [0, 0.05) is 25.7 Å². The van der Waals surface area contributed by atoms with Gasteiger partial charge in [0.15, 0.2) is 0 Å². The molecule has 0 saturated carbocycles. The topological polar surface area (TPSA) is 33.1 Å². The molecule has 1 rings (SSSR count). The Balaban J connectivity index is 2.69. The molecule has 104 valence electrons. The molecule has 5 heteroatoms. The lowest BCUT2D eigenvalue weighted by atomic mass is 10.2. The maximum absolute atomic E-state index is 4.60. The summed E-state index contributed by atoms with van der Waals surface area (Å²) in [4.78, 5) is 2.20. The first-order valence-corrected chi connectivity index (χ1v) is 7.41. The van der Waals surface area contributed by atoms with Crippen molar-refractivity contribution in [2.45, 2.75) is 46.3 Å². The van der Waals surface area contributed by atoms with Gasteiger partial charge in [-0.25, -0.2) is 0 Å². The zero-order valence-corrected chi connectivity index (χ0v) is 13.7. The van der Waals surface area contributed by atoms with Crippen molar-refractivity contribution in [3.05, 3.63) is 15.9 Å². The molecule has 0 bridgehead atoms. The molecule has 0 aliphatic rings. The van der Waals surface area contributed by atoms with Gasteiger partial charge in [-0.05, 0) is 50.3 Å². The summed E-state index contributed by atoms with van der Waals surface area (Å²) in [5.41, 5.74) is 2.40. The van der Waals surface area contributed by atoms with Crippen LogP contribution in [0.25, 0.3) is 0 Å². The highest BCUT2D eigenvalue weighted by Gasteiger charge is 2.14. The number of likely N-dealkylation sites (N-methyl/N-ethyl adjacent to an activating group) is 1. The molecular weight excluding hydrogens is 292 g/mol. The van der Waals surface area contributed by atoms with Crippen LogP contribution in [-0.4, -0.2) is 41.4 Å². The van der Waals surface area contributed by atoms with Crippen molar-refractivity contribution in [3.63, 3.8) is 0 Å². The summed E-state index contributed by atoms with van der Waals surface area (Å²) in [6.07, 6.45) is 0.966. The monoisotopic (exact) mass is 316 g/mol. The molecule has 0 spiro atoms. The minimum atomic E-state index is 0.470. The molecule has 1 atom stereocenters. The van der Waals surface area contributed by atoms with Gasteiger partial charge in [-0.1, -0.05) is 6.92 Å². The van der Waals surface area contributed by atoms with Crippen LogP contribution in [0, 0.1) is 0 Å². The lowest BCUT2D eigenvalue weighted by Gasteiger charge is -2.18. The smallest absolute Gasteiger partial charge is 0.0767 e. The predicted molar refractivity (Wildman–Crippen MR) is 79.8 cm³/mol. The Labute approximate surface area is 119 Å². The van der Waals surface area contributed by atoms with Crippen LogP contribution in [0.2, 0.25) is 0 Å². The highest BCUT2D eigenvalue weighted by atomic mass is 79.9. The van der Waals surface area contributed by atoms with Gasteiger partial charge in [0.25, 0.3) is 0 Å². The van der Waals surface area contributed by atoms with Gasteiger partial charge in [0.2, 0.25) is 0 Å². The molecule has 0 saturated heterocycles. The van der Waals surface area contributed by atoms with E-state index >= 15 is 0 Å². The Bertz CT molecular complexity index is 373. The quantitative estimate of drug-likeness (QED) is 0.837. The lowest BCUT2D eigenvalue weighted by molar-refractivity contribution is 0.346. The van der Waals surface area contributed by atoms with Gasteiger partial charge in [-0.15, -0.1) is 0 Å². The van der Waals surface area contributed by atoms with E-state index in [4.69, 9.17) is 0 Å². The molecule has 1 aromatic rings. The van der Waals surface area contributed by atoms with Crippen molar-refractivity contribution in [1.29, 1.82) is 0 Å². The maximum Gasteiger partial charge on any atom is 0.0767 e. The summed E-state index contributed by atoms with van der Waals surface area (Å²) in [5, 5.41) is 8.16. The summed E-state index contributed by atoms with van der Waals surface area (Å²) in [5.74, 6) is 0. The van der Waals surface area contributed by atoms with E-state index in [9.17, 15) is 0 Å². The van der Waals surface area contributed by atoms with Crippen LogP contribution < -0.4 is 5.32 Å². The first kappa shape index (κ1) is 15.7. The number of aromatic nitrogens is 2. The van der Waals surface area contributed by atoms with Crippen molar-refractivity contribution in [2.24, 2.45) is 0 Å². The van der Waals surface area contributed by atoms with Crippen LogP contribution in [0.4, 0.5) is 0 Å². The lowest BCUT2D eigenvalue weighted by Crippen LogP contribution is -2.35. The number of rotatable bonds is 7. The number of halogens is 1. The zero-order valence-electron chi connectivity index (χ0n) is 12.1. The van der Waals surface area contributed by atoms with E-state index in [0.29, 0.717) is 6.04 Å². The van der Waals surface area contributed by atoms with E-state index in [0.717, 1.165) is 36.2 Å². The van der Waals surface area contributed by atoms with E-state index in [2.05, 4.69) is 70.8 Å². The van der Waals surface area contributed by atoms with Crippen molar-refractivity contribution in [1.82, 2.24) is 20.0 Å². The molecule has 1 N–H and O–H groups in total. The van der Waals surface area contributed by atoms with Gasteiger partial charge in [0.1, 0.15) is 0 Å². The predicted octanol–water partition coefficient (Wildman–Crippen LogP) is 2.27. The number of hydrogen-bond donors (Lipinski definition) is 1. The van der Waals surface area contributed by atoms with Crippen molar-refractivity contribution >= 4 is 15.9 Å². The first-order chi connectivity index (χ1) is 8.49. The molecule has 1 unspecified atom stereocenters. The van der Waals surface area contributed by atoms with Crippen LogP contribution in [0.3, 0.4) is 0 Å². The summed E-state index contributed by atoms with van der Waals surface area (Å²) < 4.78 is 3.24. The van der Waals surface area contributed by atoms with Crippen LogP contribution in [0.1, 0.15) is 32.2 Å². The van der Waals surface area contributed by atoms with Crippen LogP contribution in [0.5, 0.6) is 0 Å². The van der Waals surface area contributed by atoms with E-state index in [-0.39, 0.29) is 0 Å². The molecule has 1 aromatic heterocycles. The average molecular weight is 317 g/mol. The Morgan fingerprint density at radius 3 is 2.56 bits per heavy atom. The minimum absolute atomic E-state index is 0.470. The van der Waals surface area contributed by atoms with E-state index < -0.39 is 0 Å². The molecule has 0 aliphatic carbocycles. The largest absolute Gasteiger partial charge is 0.308 e. The Hall–Kier alpha value is -0.390. The fourth-order valence-corrected chi connectivity index (χ4v) is 2.77. The van der Waals surface area contributed by atoms with E-state index in [1.54, 1.807) is 0 Å². The van der Waals surface area contributed by atoms with Crippen LogP contribution in [0.15, 0.2) is 4.47 Å². The van der Waals surface area contributed by atoms with Crippen molar-refractivity contribution < 1.29 is 0 Å². The summed E-state index contributed by atoms with van der Waals surface area (Å²) >= 11 is 3.67. The zero-order chi connectivity index (χ0) is 13.7. The van der Waals surface area contributed by atoms with Crippen LogP contribution >= 0.6 is 15.9 Å². The molecule has 0 amide bonds. The summed E-state index contributed by atoms with van der Waals surface area (Å²) in [6, 6.07) is 0.470. The second-order valence-corrected chi connectivity index (χ2v) is 5.71. The second-order valence-electron chi connectivity index (χ2n) is 4.92. The minimum Gasteiger partial charge on any atom is -0.308 e. The molecular formula is C13H25BrN4. The highest BCUT2D eigenvalue weighted by Crippen LogP contribution is 2.22. The van der Waals surface area contributed by atoms with Crippen LogP contribution in [-0.2, 0) is 19.5 Å². The normalized spacial score (nSPS) is 13.3. The Morgan fingerprint density at radius 1 is 1.39 bits per heavy atom. The summed E-state index contributed by atoms with van der Waals surface area (Å²) in [7, 11) is 4.19. The van der Waals surface area contributed by atoms with E-state index in [1.165, 1.54) is 5.69 Å². The van der Waals surface area contributed by atoms with Gasteiger partial charge < -0.3 is 10.2 Å². The fourth-order valence-electron chi connectivity index (χ4n) is 2.07. The standard InChI is InChI=1S/C13H25BrN4/c1-6-11-13(14)12(18(7-2)16-11)8-15-10(3)9-17(4)5/h10,15H,6-9H2,1-5H3. The molecule has 0 aromatic carbocycles. The molecule has 0 radical (unpaired) electrons. The molecule has 0 fully saturated rings. The summed E-state index contributed by atoms with van der Waals surface area (Å²) in [6.45, 7) is 9.29. The third-order valence-electron chi connectivity index (χ3n) is 2.95. The van der Waals surface area contributed by atoms with Crippen molar-refractivity contribution in [2.75, 3.05) is 20.6 Å². The van der Waals surface area contributed by atoms with Gasteiger partial charge >= 0.3 is 0 Å². The Morgan fingerprint density at radius 2 is 2.06 bits per heavy atom. The maximum atomic E-state index is 4.60. The third-order valence-corrected chi connectivity index (χ3v) is 3.87. The number of nitrogens with one attached hydrogen (secondary N) is 1. The third kappa shape index (κ3) is 4.07. The van der Waals surface area contributed by atoms with Gasteiger partial charge in [-0.3, -0.25) is 4.68 Å². The second kappa shape index (κ2) is 7.26.